The molecule has 0 unspecified atom stereocenters. The van der Waals surface area contributed by atoms with Gasteiger partial charge in [-0.3, -0.25) is 9.59 Å². The fraction of sp³-hybridized carbons (Fsp3) is 0. The van der Waals surface area contributed by atoms with Gasteiger partial charge in [-0.25, -0.2) is 4.99 Å². The summed E-state index contributed by atoms with van der Waals surface area (Å²) < 4.78 is 0. The molecule has 0 aliphatic rings. The average molecular weight is 85.1 g/mol. The van der Waals surface area contributed by atoms with Crippen molar-refractivity contribution >= 4 is 18.9 Å². The van der Waals surface area contributed by atoms with E-state index in [4.69, 9.17) is 0 Å². The van der Waals surface area contributed by atoms with Crippen molar-refractivity contribution in [1.82, 2.24) is 0 Å². The lowest BCUT2D eigenvalue weighted by atomic mass is 10.8. The van der Waals surface area contributed by atoms with Crippen LogP contribution in [0.4, 0.5) is 0 Å². The number of hydrogen-bond acceptors (Lipinski definition) is 2. The molecular formula is C3H3NO2. The highest BCUT2D eigenvalue weighted by Crippen LogP contribution is 1.42. The number of nitrogens with zero attached hydrogens (tertiary/aromatic N) is 1. The van der Waals surface area contributed by atoms with Crippen LogP contribution in [0.3, 0.4) is 0 Å². The van der Waals surface area contributed by atoms with Crippen LogP contribution in [0, 0.1) is 0 Å². The van der Waals surface area contributed by atoms with Crippen molar-refractivity contribution in [3.05, 3.63) is 0 Å². The van der Waals surface area contributed by atoms with Crippen molar-refractivity contribution < 1.29 is 9.59 Å². The third kappa shape index (κ3) is 3.01. The molecule has 0 saturated heterocycles. The van der Waals surface area contributed by atoms with Gasteiger partial charge in [0.25, 0.3) is 0 Å². The molecule has 0 spiro atoms. The molecule has 0 bridgehead atoms. The number of carbonyl (C=O) groups excluding carboxylic acids is 2. The molecule has 1 amide bonds. The van der Waals surface area contributed by atoms with Crippen LogP contribution < -0.4 is 0 Å². The summed E-state index contributed by atoms with van der Waals surface area (Å²) in [5, 5.41) is 0. The summed E-state index contributed by atoms with van der Waals surface area (Å²) in [4.78, 5) is 21.4. The largest absolute Gasteiger partial charge is 0.297 e. The summed E-state index contributed by atoms with van der Waals surface area (Å²) in [7, 11) is 0. The molecule has 0 saturated carbocycles. The average Bonchev–Trinajstić information content (AvgIpc) is 1.61. The Bertz CT molecular complexity index is 66.9. The van der Waals surface area contributed by atoms with E-state index in [9.17, 15) is 9.59 Å². The molecule has 6 heavy (non-hydrogen) atoms. The van der Waals surface area contributed by atoms with E-state index in [1.54, 1.807) is 0 Å². The van der Waals surface area contributed by atoms with Gasteiger partial charge in [0.2, 0.25) is 6.41 Å². The zero-order chi connectivity index (χ0) is 4.83. The quantitative estimate of drug-likeness (QED) is 0.332. The molecule has 0 atom stereocenters. The van der Waals surface area contributed by atoms with Gasteiger partial charge in [-0.1, -0.05) is 0 Å². The van der Waals surface area contributed by atoms with E-state index in [0.717, 1.165) is 6.21 Å². The van der Waals surface area contributed by atoms with Crippen LogP contribution in [-0.4, -0.2) is 18.9 Å². The molecule has 0 N–H and O–H groups in total. The standard InChI is InChI=1S/C3H3NO2/c5-2-1-4-3-6/h1-3H. The molecule has 32 valence electrons. The second-order valence-corrected chi connectivity index (χ2v) is 0.540. The molecule has 0 fully saturated rings. The van der Waals surface area contributed by atoms with Gasteiger partial charge in [0.15, 0.2) is 6.29 Å². The normalized spacial score (nSPS) is 8.67. The van der Waals surface area contributed by atoms with E-state index in [1.165, 1.54) is 0 Å². The summed E-state index contributed by atoms with van der Waals surface area (Å²) in [5.41, 5.74) is 0. The summed E-state index contributed by atoms with van der Waals surface area (Å²) in [6.45, 7) is 0. The molecule has 3 nitrogen and oxygen atoms in total. The van der Waals surface area contributed by atoms with Gasteiger partial charge in [0.1, 0.15) is 0 Å². The molecule has 0 aliphatic carbocycles. The number of amides is 1. The van der Waals surface area contributed by atoms with Gasteiger partial charge in [0.05, 0.1) is 6.21 Å². The van der Waals surface area contributed by atoms with E-state index in [0.29, 0.717) is 12.7 Å². The first-order chi connectivity index (χ1) is 2.91. The van der Waals surface area contributed by atoms with Gasteiger partial charge in [0, 0.05) is 0 Å². The lowest BCUT2D eigenvalue weighted by Gasteiger charge is -1.54. The topological polar surface area (TPSA) is 46.5 Å². The summed E-state index contributed by atoms with van der Waals surface area (Å²) >= 11 is 0. The maximum atomic E-state index is 9.26. The van der Waals surface area contributed by atoms with Crippen molar-refractivity contribution in [2.45, 2.75) is 0 Å². The Morgan fingerprint density at radius 1 is 1.33 bits per heavy atom. The number of carbonyl (C=O) groups is 2. The van der Waals surface area contributed by atoms with Crippen LogP contribution in [0.25, 0.3) is 0 Å². The highest BCUT2D eigenvalue weighted by molar-refractivity contribution is 6.14. The molecule has 0 aromatic heterocycles. The molecular weight excluding hydrogens is 82.0 g/mol. The molecule has 3 heteroatoms. The Morgan fingerprint density at radius 2 is 2.00 bits per heavy atom. The van der Waals surface area contributed by atoms with E-state index < -0.39 is 0 Å². The summed E-state index contributed by atoms with van der Waals surface area (Å²) in [6, 6.07) is 0. The summed E-state index contributed by atoms with van der Waals surface area (Å²) in [6.07, 6.45) is 1.62. The Morgan fingerprint density at radius 3 is 2.17 bits per heavy atom. The second-order valence-electron chi connectivity index (χ2n) is 0.540. The first-order valence-electron chi connectivity index (χ1n) is 1.32. The van der Waals surface area contributed by atoms with Crippen LogP contribution in [0.1, 0.15) is 0 Å². The molecule has 0 aliphatic heterocycles. The summed E-state index contributed by atoms with van der Waals surface area (Å²) in [5.74, 6) is 0. The zero-order valence-corrected chi connectivity index (χ0v) is 3.00. The Labute approximate surface area is 34.7 Å². The predicted octanol–water partition coefficient (Wildman–Crippen LogP) is -0.588. The first kappa shape index (κ1) is 5.01. The third-order valence-corrected chi connectivity index (χ3v) is 0.208. The maximum Gasteiger partial charge on any atom is 0.232 e. The molecule has 0 aromatic carbocycles. The smallest absolute Gasteiger partial charge is 0.232 e. The fourth-order valence-corrected chi connectivity index (χ4v) is 0.0703. The first-order valence-corrected chi connectivity index (χ1v) is 1.32. The van der Waals surface area contributed by atoms with Crippen molar-refractivity contribution in [3.63, 3.8) is 0 Å². The molecule has 0 aromatic rings. The number of aldehydes is 1. The lowest BCUT2D eigenvalue weighted by molar-refractivity contribution is -0.107. The number of hydrogen-bond donors (Lipinski definition) is 0. The highest BCUT2D eigenvalue weighted by Gasteiger charge is 1.56. The SMILES string of the molecule is O=CC=NC=O. The molecule has 0 heterocycles. The highest BCUT2D eigenvalue weighted by atomic mass is 16.1. The minimum atomic E-state index is 0.300. The van der Waals surface area contributed by atoms with Crippen molar-refractivity contribution in [2.24, 2.45) is 4.99 Å². The van der Waals surface area contributed by atoms with E-state index in [2.05, 4.69) is 4.99 Å². The van der Waals surface area contributed by atoms with Crippen LogP contribution in [-0.2, 0) is 9.59 Å². The Balaban J connectivity index is 3.17. The third-order valence-electron chi connectivity index (χ3n) is 0.208. The fourth-order valence-electron chi connectivity index (χ4n) is 0.0703. The lowest BCUT2D eigenvalue weighted by Crippen LogP contribution is -1.70. The second kappa shape index (κ2) is 4.01. The van der Waals surface area contributed by atoms with Gasteiger partial charge < -0.3 is 0 Å². The Kier molecular flexibility index (Phi) is 3.35. The van der Waals surface area contributed by atoms with Gasteiger partial charge >= 0.3 is 0 Å². The Hall–Kier alpha value is -0.990. The van der Waals surface area contributed by atoms with Gasteiger partial charge in [-0.15, -0.1) is 0 Å². The van der Waals surface area contributed by atoms with Crippen molar-refractivity contribution in [3.8, 4) is 0 Å². The van der Waals surface area contributed by atoms with E-state index >= 15 is 0 Å². The van der Waals surface area contributed by atoms with Crippen LogP contribution in [0.15, 0.2) is 4.99 Å². The van der Waals surface area contributed by atoms with Gasteiger partial charge in [-0.2, -0.15) is 0 Å². The van der Waals surface area contributed by atoms with E-state index in [1.807, 2.05) is 0 Å². The minimum Gasteiger partial charge on any atom is -0.297 e. The molecule has 0 radical (unpaired) electrons. The van der Waals surface area contributed by atoms with Gasteiger partial charge in [-0.05, 0) is 0 Å². The zero-order valence-electron chi connectivity index (χ0n) is 3.00. The van der Waals surface area contributed by atoms with Crippen LogP contribution in [0.5, 0.6) is 0 Å². The van der Waals surface area contributed by atoms with Crippen molar-refractivity contribution in [1.29, 1.82) is 0 Å². The monoisotopic (exact) mass is 85.0 g/mol. The number of aliphatic imine (C=N–C) groups is 1. The minimum absolute atomic E-state index is 0.300. The number of rotatable bonds is 2. The molecule has 0 rings (SSSR count). The van der Waals surface area contributed by atoms with Crippen molar-refractivity contribution in [2.75, 3.05) is 0 Å². The predicted molar refractivity (Wildman–Crippen MR) is 20.6 cm³/mol. The van der Waals surface area contributed by atoms with Crippen LogP contribution in [0.2, 0.25) is 0 Å². The maximum absolute atomic E-state index is 9.26. The van der Waals surface area contributed by atoms with Crippen LogP contribution >= 0.6 is 0 Å². The van der Waals surface area contributed by atoms with E-state index in [-0.39, 0.29) is 0 Å².